The number of benzene rings is 1. The Morgan fingerprint density at radius 3 is 2.78 bits per heavy atom. The quantitative estimate of drug-likeness (QED) is 0.333. The molecule has 2 aliphatic rings. The Labute approximate surface area is 180 Å². The smallest absolute Gasteiger partial charge is 0.191 e. The maximum absolute atomic E-state index is 13.6. The molecule has 1 saturated heterocycles. The molecule has 1 unspecified atom stereocenters. The van der Waals surface area contributed by atoms with E-state index in [1.54, 1.807) is 12.1 Å². The summed E-state index contributed by atoms with van der Waals surface area (Å²) in [7, 11) is 0. The first-order valence-corrected chi connectivity index (χ1v) is 10.2. The second-order valence-corrected chi connectivity index (χ2v) is 7.82. The zero-order valence-electron chi connectivity index (χ0n) is 16.6. The SMILES string of the molecule is CCCN1CCC(CNC(=NCC2(c3cccc(F)c3)CC2)NCC)C1.I. The summed E-state index contributed by atoms with van der Waals surface area (Å²) in [6.07, 6.45) is 4.67. The van der Waals surface area contributed by atoms with Crippen LogP contribution < -0.4 is 10.6 Å². The Bertz CT molecular complexity index is 618. The molecule has 27 heavy (non-hydrogen) atoms. The van der Waals surface area contributed by atoms with Gasteiger partial charge in [-0.1, -0.05) is 19.1 Å². The van der Waals surface area contributed by atoms with Crippen LogP contribution in [0.1, 0.15) is 45.1 Å². The highest BCUT2D eigenvalue weighted by molar-refractivity contribution is 14.0. The van der Waals surface area contributed by atoms with Crippen LogP contribution in [0, 0.1) is 11.7 Å². The Kier molecular flexibility index (Phi) is 8.79. The number of guanidine groups is 1. The largest absolute Gasteiger partial charge is 0.357 e. The lowest BCUT2D eigenvalue weighted by molar-refractivity contribution is 0.324. The van der Waals surface area contributed by atoms with E-state index in [4.69, 9.17) is 4.99 Å². The van der Waals surface area contributed by atoms with Gasteiger partial charge in [-0.25, -0.2) is 4.39 Å². The van der Waals surface area contributed by atoms with Gasteiger partial charge in [0.1, 0.15) is 5.82 Å². The molecule has 0 amide bonds. The third kappa shape index (κ3) is 6.31. The molecule has 1 aliphatic carbocycles. The first kappa shape index (κ1) is 22.4. The van der Waals surface area contributed by atoms with E-state index in [0.717, 1.165) is 44.0 Å². The number of hydrogen-bond donors (Lipinski definition) is 2. The molecule has 1 saturated carbocycles. The molecular weight excluding hydrogens is 454 g/mol. The van der Waals surface area contributed by atoms with Gasteiger partial charge in [-0.2, -0.15) is 0 Å². The maximum atomic E-state index is 13.6. The molecular formula is C21H34FIN4. The van der Waals surface area contributed by atoms with Crippen LogP contribution in [0.4, 0.5) is 4.39 Å². The van der Waals surface area contributed by atoms with Crippen LogP contribution in [-0.4, -0.2) is 50.1 Å². The molecule has 1 atom stereocenters. The van der Waals surface area contributed by atoms with Gasteiger partial charge in [0.25, 0.3) is 0 Å². The van der Waals surface area contributed by atoms with Gasteiger partial charge in [0.2, 0.25) is 0 Å². The van der Waals surface area contributed by atoms with E-state index < -0.39 is 0 Å². The zero-order chi connectivity index (χ0) is 18.4. The van der Waals surface area contributed by atoms with Crippen LogP contribution in [0.5, 0.6) is 0 Å². The molecule has 2 N–H and O–H groups in total. The molecule has 1 aromatic carbocycles. The highest BCUT2D eigenvalue weighted by Gasteiger charge is 2.44. The van der Waals surface area contributed by atoms with Gasteiger partial charge in [-0.3, -0.25) is 4.99 Å². The summed E-state index contributed by atoms with van der Waals surface area (Å²) < 4.78 is 13.6. The average molecular weight is 488 g/mol. The molecule has 0 spiro atoms. The van der Waals surface area contributed by atoms with E-state index in [1.165, 1.54) is 38.5 Å². The van der Waals surface area contributed by atoms with E-state index in [2.05, 4.69) is 29.4 Å². The van der Waals surface area contributed by atoms with Crippen molar-refractivity contribution in [2.45, 2.75) is 44.9 Å². The van der Waals surface area contributed by atoms with Gasteiger partial charge < -0.3 is 15.5 Å². The highest BCUT2D eigenvalue weighted by atomic mass is 127. The van der Waals surface area contributed by atoms with Crippen LogP contribution in [0.3, 0.4) is 0 Å². The normalized spacial score (nSPS) is 21.6. The van der Waals surface area contributed by atoms with Gasteiger partial charge >= 0.3 is 0 Å². The van der Waals surface area contributed by atoms with Gasteiger partial charge in [0.15, 0.2) is 5.96 Å². The second kappa shape index (κ2) is 10.6. The second-order valence-electron chi connectivity index (χ2n) is 7.82. The number of halogens is 2. The van der Waals surface area contributed by atoms with Gasteiger partial charge in [-0.15, -0.1) is 24.0 Å². The lowest BCUT2D eigenvalue weighted by Crippen LogP contribution is -2.40. The molecule has 4 nitrogen and oxygen atoms in total. The van der Waals surface area contributed by atoms with Crippen molar-refractivity contribution in [3.05, 3.63) is 35.6 Å². The Morgan fingerprint density at radius 1 is 1.30 bits per heavy atom. The molecule has 0 bridgehead atoms. The average Bonchev–Trinajstić information content (AvgIpc) is 3.30. The minimum atomic E-state index is -0.152. The van der Waals surface area contributed by atoms with E-state index in [1.807, 2.05) is 6.07 Å². The summed E-state index contributed by atoms with van der Waals surface area (Å²) in [5.41, 5.74) is 1.12. The van der Waals surface area contributed by atoms with E-state index in [0.29, 0.717) is 5.92 Å². The van der Waals surface area contributed by atoms with Crippen molar-refractivity contribution < 1.29 is 4.39 Å². The molecule has 0 aromatic heterocycles. The Morgan fingerprint density at radius 2 is 2.11 bits per heavy atom. The predicted octanol–water partition coefficient (Wildman–Crippen LogP) is 3.76. The molecule has 152 valence electrons. The topological polar surface area (TPSA) is 39.7 Å². The third-order valence-electron chi connectivity index (χ3n) is 5.64. The standard InChI is InChI=1S/C21H33FN4.HI/c1-3-11-26-12-8-17(15-26)14-24-20(23-4-2)25-16-21(9-10-21)18-6-5-7-19(22)13-18;/h5-7,13,17H,3-4,8-12,14-16H2,1-2H3,(H2,23,24,25);1H. The first-order valence-electron chi connectivity index (χ1n) is 10.2. The number of rotatable bonds is 8. The van der Waals surface area contributed by atoms with Crippen molar-refractivity contribution in [2.24, 2.45) is 10.9 Å². The van der Waals surface area contributed by atoms with Crippen LogP contribution in [0.15, 0.2) is 29.3 Å². The number of hydrogen-bond acceptors (Lipinski definition) is 2. The number of nitrogens with zero attached hydrogens (tertiary/aromatic N) is 2. The number of aliphatic imine (C=N–C) groups is 1. The number of likely N-dealkylation sites (tertiary alicyclic amines) is 1. The molecule has 1 aromatic rings. The van der Waals surface area contributed by atoms with Crippen LogP contribution in [0.25, 0.3) is 0 Å². The van der Waals surface area contributed by atoms with Crippen LogP contribution in [-0.2, 0) is 5.41 Å². The first-order chi connectivity index (χ1) is 12.6. The fourth-order valence-corrected chi connectivity index (χ4v) is 3.92. The summed E-state index contributed by atoms with van der Waals surface area (Å²) >= 11 is 0. The van der Waals surface area contributed by atoms with E-state index >= 15 is 0 Å². The Hall–Kier alpha value is -0.890. The van der Waals surface area contributed by atoms with Crippen molar-refractivity contribution in [3.8, 4) is 0 Å². The van der Waals surface area contributed by atoms with Crippen LogP contribution >= 0.6 is 24.0 Å². The number of nitrogens with one attached hydrogen (secondary N) is 2. The van der Waals surface area contributed by atoms with Crippen molar-refractivity contribution >= 4 is 29.9 Å². The van der Waals surface area contributed by atoms with Crippen molar-refractivity contribution in [1.29, 1.82) is 0 Å². The predicted molar refractivity (Wildman–Crippen MR) is 122 cm³/mol. The molecule has 1 aliphatic heterocycles. The van der Waals surface area contributed by atoms with Gasteiger partial charge in [0, 0.05) is 25.0 Å². The van der Waals surface area contributed by atoms with Crippen molar-refractivity contribution in [3.63, 3.8) is 0 Å². The monoisotopic (exact) mass is 488 g/mol. The summed E-state index contributed by atoms with van der Waals surface area (Å²) in [5, 5.41) is 6.88. The summed E-state index contributed by atoms with van der Waals surface area (Å²) in [4.78, 5) is 7.38. The lowest BCUT2D eigenvalue weighted by atomic mass is 9.96. The summed E-state index contributed by atoms with van der Waals surface area (Å²) in [6, 6.07) is 7.02. The molecule has 2 fully saturated rings. The highest BCUT2D eigenvalue weighted by Crippen LogP contribution is 2.48. The fraction of sp³-hybridized carbons (Fsp3) is 0.667. The van der Waals surface area contributed by atoms with Crippen molar-refractivity contribution in [2.75, 3.05) is 39.3 Å². The molecule has 0 radical (unpaired) electrons. The maximum Gasteiger partial charge on any atom is 0.191 e. The molecule has 6 heteroatoms. The van der Waals surface area contributed by atoms with E-state index in [9.17, 15) is 4.39 Å². The van der Waals surface area contributed by atoms with Gasteiger partial charge in [0.05, 0.1) is 6.54 Å². The molecule has 3 rings (SSSR count). The minimum absolute atomic E-state index is 0. The van der Waals surface area contributed by atoms with Crippen molar-refractivity contribution in [1.82, 2.24) is 15.5 Å². The summed E-state index contributed by atoms with van der Waals surface area (Å²) in [5.74, 6) is 1.44. The van der Waals surface area contributed by atoms with Gasteiger partial charge in [-0.05, 0) is 69.3 Å². The van der Waals surface area contributed by atoms with E-state index in [-0.39, 0.29) is 35.2 Å². The fourth-order valence-electron chi connectivity index (χ4n) is 3.92. The zero-order valence-corrected chi connectivity index (χ0v) is 19.0. The lowest BCUT2D eigenvalue weighted by Gasteiger charge is -2.18. The molecule has 1 heterocycles. The summed E-state index contributed by atoms with van der Waals surface area (Å²) in [6.45, 7) is 10.5. The third-order valence-corrected chi connectivity index (χ3v) is 5.64. The minimum Gasteiger partial charge on any atom is -0.357 e. The Balaban J connectivity index is 0.00000261. The van der Waals surface area contributed by atoms with Crippen LogP contribution in [0.2, 0.25) is 0 Å².